The van der Waals surface area contributed by atoms with Crippen molar-refractivity contribution < 1.29 is 40.6 Å². The van der Waals surface area contributed by atoms with E-state index in [1.54, 1.807) is 0 Å². The van der Waals surface area contributed by atoms with Crippen LogP contribution in [0.15, 0.2) is 70.5 Å². The van der Waals surface area contributed by atoms with Crippen molar-refractivity contribution in [3.8, 4) is 17.2 Å². The molecule has 0 aliphatic rings. The molecule has 0 unspecified atom stereocenters. The monoisotopic (exact) mass is 534 g/mol. The van der Waals surface area contributed by atoms with Crippen molar-refractivity contribution >= 4 is 39.0 Å². The fourth-order valence-corrected chi connectivity index (χ4v) is 4.43. The second kappa shape index (κ2) is 10.1. The maximum absolute atomic E-state index is 13.1. The first-order valence-electron chi connectivity index (χ1n) is 9.31. The molecule has 0 N–H and O–H groups in total. The summed E-state index contributed by atoms with van der Waals surface area (Å²) >= 11 is 11.7. The average Bonchev–Trinajstić information content (AvgIpc) is 2.78. The van der Waals surface area contributed by atoms with E-state index >= 15 is 0 Å². The molecule has 0 bridgehead atoms. The van der Waals surface area contributed by atoms with Gasteiger partial charge in [-0.15, -0.1) is 0 Å². The second-order valence-corrected chi connectivity index (χ2v) is 9.44. The third-order valence-electron chi connectivity index (χ3n) is 4.39. The molecule has 12 heteroatoms. The number of carbonyl (C=O) groups excluding carboxylic acids is 1. The van der Waals surface area contributed by atoms with E-state index in [-0.39, 0.29) is 32.1 Å². The van der Waals surface area contributed by atoms with Crippen LogP contribution in [0, 0.1) is 0 Å². The Morgan fingerprint density at radius 2 is 1.62 bits per heavy atom. The third kappa shape index (κ3) is 5.94. The van der Waals surface area contributed by atoms with Crippen LogP contribution in [0.1, 0.15) is 5.56 Å². The van der Waals surface area contributed by atoms with E-state index in [1.165, 1.54) is 42.5 Å². The van der Waals surface area contributed by atoms with E-state index < -0.39 is 34.2 Å². The fourth-order valence-electron chi connectivity index (χ4n) is 2.71. The van der Waals surface area contributed by atoms with Gasteiger partial charge in [0.15, 0.2) is 6.61 Å². The molecule has 0 fully saturated rings. The van der Waals surface area contributed by atoms with Crippen LogP contribution in [0.2, 0.25) is 10.0 Å². The first-order valence-corrected chi connectivity index (χ1v) is 11.5. The summed E-state index contributed by atoms with van der Waals surface area (Å²) in [6, 6.07) is 11.5. The lowest BCUT2D eigenvalue weighted by atomic mass is 10.2. The van der Waals surface area contributed by atoms with Crippen LogP contribution >= 0.6 is 23.2 Å². The van der Waals surface area contributed by atoms with Crippen LogP contribution < -0.4 is 9.47 Å². The summed E-state index contributed by atoms with van der Waals surface area (Å²) in [5.41, 5.74) is -0.962. The van der Waals surface area contributed by atoms with E-state index in [9.17, 15) is 26.4 Å². The number of ether oxygens (including phenoxy) is 3. The SMILES string of the molecule is COC(=O)COc1cc(Oc2ccc(C(F)(F)F)cc2Cl)ccc1S(=O)(=O)c1ccc(Cl)cc1. The lowest BCUT2D eigenvalue weighted by Crippen LogP contribution is -2.14. The van der Waals surface area contributed by atoms with Gasteiger partial charge in [0, 0.05) is 11.1 Å². The number of sulfone groups is 1. The number of carbonyl (C=O) groups is 1. The molecule has 0 saturated carbocycles. The van der Waals surface area contributed by atoms with Crippen LogP contribution in [0.5, 0.6) is 17.2 Å². The van der Waals surface area contributed by atoms with Gasteiger partial charge in [0.2, 0.25) is 9.84 Å². The van der Waals surface area contributed by atoms with Crippen molar-refractivity contribution in [3.05, 3.63) is 76.3 Å². The molecule has 3 aromatic carbocycles. The van der Waals surface area contributed by atoms with Crippen LogP contribution in [0.3, 0.4) is 0 Å². The number of methoxy groups -OCH3 is 1. The largest absolute Gasteiger partial charge is 0.480 e. The van der Waals surface area contributed by atoms with E-state index in [0.29, 0.717) is 11.1 Å². The Kier molecular flexibility index (Phi) is 7.64. The number of rotatable bonds is 7. The number of esters is 1. The summed E-state index contributed by atoms with van der Waals surface area (Å²) in [5, 5.41) is 0.0167. The van der Waals surface area contributed by atoms with Crippen LogP contribution in [-0.2, 0) is 25.5 Å². The number of hydrogen-bond acceptors (Lipinski definition) is 6. The highest BCUT2D eigenvalue weighted by Gasteiger charge is 2.31. The Morgan fingerprint density at radius 3 is 2.21 bits per heavy atom. The zero-order valence-electron chi connectivity index (χ0n) is 17.2. The smallest absolute Gasteiger partial charge is 0.416 e. The number of benzene rings is 3. The van der Waals surface area contributed by atoms with Gasteiger partial charge in [-0.25, -0.2) is 13.2 Å². The van der Waals surface area contributed by atoms with Gasteiger partial charge < -0.3 is 14.2 Å². The third-order valence-corrected chi connectivity index (χ3v) is 6.75. The summed E-state index contributed by atoms with van der Waals surface area (Å²) in [7, 11) is -2.97. The highest BCUT2D eigenvalue weighted by atomic mass is 35.5. The Labute approximate surface area is 202 Å². The van der Waals surface area contributed by atoms with Gasteiger partial charge in [0.1, 0.15) is 22.1 Å². The van der Waals surface area contributed by atoms with Gasteiger partial charge in [-0.2, -0.15) is 13.2 Å². The first kappa shape index (κ1) is 25.7. The van der Waals surface area contributed by atoms with Crippen molar-refractivity contribution in [1.82, 2.24) is 0 Å². The van der Waals surface area contributed by atoms with Gasteiger partial charge >= 0.3 is 12.1 Å². The topological polar surface area (TPSA) is 78.9 Å². The van der Waals surface area contributed by atoms with Gasteiger partial charge in [0.25, 0.3) is 0 Å². The Bertz CT molecular complexity index is 1310. The molecular weight excluding hydrogens is 520 g/mol. The molecule has 0 spiro atoms. The van der Waals surface area contributed by atoms with Crippen molar-refractivity contribution in [2.24, 2.45) is 0 Å². The van der Waals surface area contributed by atoms with Gasteiger partial charge in [-0.1, -0.05) is 23.2 Å². The molecule has 180 valence electrons. The molecule has 34 heavy (non-hydrogen) atoms. The van der Waals surface area contributed by atoms with Crippen molar-refractivity contribution in [3.63, 3.8) is 0 Å². The van der Waals surface area contributed by atoms with Crippen LogP contribution in [-0.4, -0.2) is 28.1 Å². The molecule has 0 heterocycles. The van der Waals surface area contributed by atoms with Crippen molar-refractivity contribution in [1.29, 1.82) is 0 Å². The lowest BCUT2D eigenvalue weighted by molar-refractivity contribution is -0.143. The molecule has 0 radical (unpaired) electrons. The van der Waals surface area contributed by atoms with Gasteiger partial charge in [0.05, 0.1) is 22.6 Å². The van der Waals surface area contributed by atoms with Crippen molar-refractivity contribution in [2.75, 3.05) is 13.7 Å². The highest BCUT2D eigenvalue weighted by molar-refractivity contribution is 7.91. The predicted molar refractivity (Wildman–Crippen MR) is 117 cm³/mol. The Hall–Kier alpha value is -2.95. The predicted octanol–water partition coefficient (Wildman–Crippen LogP) is 6.19. The van der Waals surface area contributed by atoms with Crippen LogP contribution in [0.25, 0.3) is 0 Å². The Morgan fingerprint density at radius 1 is 0.941 bits per heavy atom. The van der Waals surface area contributed by atoms with Crippen LogP contribution in [0.4, 0.5) is 13.2 Å². The summed E-state index contributed by atoms with van der Waals surface area (Å²) in [6.45, 7) is -0.607. The quantitative estimate of drug-likeness (QED) is 0.336. The molecule has 0 aliphatic heterocycles. The molecule has 0 amide bonds. The summed E-state index contributed by atoms with van der Waals surface area (Å²) in [4.78, 5) is 11.2. The van der Waals surface area contributed by atoms with E-state index in [0.717, 1.165) is 19.2 Å². The molecular formula is C22H15Cl2F3O6S. The molecule has 0 atom stereocenters. The zero-order chi connectivity index (χ0) is 25.1. The molecule has 3 aromatic rings. The number of alkyl halides is 3. The minimum atomic E-state index is -4.59. The summed E-state index contributed by atoms with van der Waals surface area (Å²) in [5.74, 6) is -1.13. The van der Waals surface area contributed by atoms with Gasteiger partial charge in [-0.05, 0) is 54.6 Å². The van der Waals surface area contributed by atoms with E-state index in [2.05, 4.69) is 4.74 Å². The summed E-state index contributed by atoms with van der Waals surface area (Å²) < 4.78 is 80.2. The first-order chi connectivity index (χ1) is 15.9. The van der Waals surface area contributed by atoms with E-state index in [4.69, 9.17) is 32.7 Å². The Balaban J connectivity index is 2.00. The van der Waals surface area contributed by atoms with E-state index in [1.807, 2.05) is 0 Å². The molecule has 6 nitrogen and oxygen atoms in total. The van der Waals surface area contributed by atoms with Crippen molar-refractivity contribution in [2.45, 2.75) is 16.0 Å². The zero-order valence-corrected chi connectivity index (χ0v) is 19.6. The molecule has 0 aromatic heterocycles. The molecule has 3 rings (SSSR count). The van der Waals surface area contributed by atoms with Gasteiger partial charge in [-0.3, -0.25) is 0 Å². The number of halogens is 5. The normalized spacial score (nSPS) is 11.7. The second-order valence-electron chi connectivity index (χ2n) is 6.68. The highest BCUT2D eigenvalue weighted by Crippen LogP contribution is 2.39. The average molecular weight is 535 g/mol. The summed E-state index contributed by atoms with van der Waals surface area (Å²) in [6.07, 6.45) is -4.59. The minimum absolute atomic E-state index is 0.00317. The number of hydrogen-bond donors (Lipinski definition) is 0. The minimum Gasteiger partial charge on any atom is -0.480 e. The lowest BCUT2D eigenvalue weighted by Gasteiger charge is -2.15. The maximum Gasteiger partial charge on any atom is 0.416 e. The molecule has 0 saturated heterocycles. The standard InChI is InChI=1S/C22H15Cl2F3O6S/c1-31-21(28)12-32-19-11-15(33-18-8-2-13(10-17(18)24)22(25,26)27)5-9-20(19)34(29,30)16-6-3-14(23)4-7-16/h2-11H,12H2,1H3. The molecule has 0 aliphatic carbocycles. The fraction of sp³-hybridized carbons (Fsp3) is 0.136. The maximum atomic E-state index is 13.1.